The summed E-state index contributed by atoms with van der Waals surface area (Å²) in [5, 5.41) is 3.38. The van der Waals surface area contributed by atoms with E-state index in [1.54, 1.807) is 7.11 Å². The van der Waals surface area contributed by atoms with Crippen LogP contribution in [0.2, 0.25) is 0 Å². The topological polar surface area (TPSA) is 24.5 Å². The number of methoxy groups -OCH3 is 1. The summed E-state index contributed by atoms with van der Waals surface area (Å²) in [6, 6.07) is 8.98. The number of nitrogens with zero attached hydrogens (tertiary/aromatic N) is 1. The average Bonchev–Trinajstić information content (AvgIpc) is 2.43. The molecule has 0 amide bonds. The molecule has 3 heteroatoms. The van der Waals surface area contributed by atoms with Crippen LogP contribution in [0.25, 0.3) is 0 Å². The highest BCUT2D eigenvalue weighted by Crippen LogP contribution is 2.31. The van der Waals surface area contributed by atoms with E-state index in [1.165, 1.54) is 37.2 Å². The second-order valence-corrected chi connectivity index (χ2v) is 6.53. The summed E-state index contributed by atoms with van der Waals surface area (Å²) in [6.07, 6.45) is 2.64. The fraction of sp³-hybridized carbons (Fsp3) is 0.647. The van der Waals surface area contributed by atoms with Crippen LogP contribution in [-0.2, 0) is 11.3 Å². The molecule has 0 unspecified atom stereocenters. The van der Waals surface area contributed by atoms with Gasteiger partial charge in [0.05, 0.1) is 6.61 Å². The highest BCUT2D eigenvalue weighted by Gasteiger charge is 2.26. The van der Waals surface area contributed by atoms with Crippen LogP contribution in [-0.4, -0.2) is 33.4 Å². The molecule has 3 nitrogen and oxygen atoms in total. The molecule has 20 heavy (non-hydrogen) atoms. The van der Waals surface area contributed by atoms with Gasteiger partial charge < -0.3 is 15.0 Å². The Kier molecular flexibility index (Phi) is 5.44. The van der Waals surface area contributed by atoms with Crippen molar-refractivity contribution in [1.82, 2.24) is 5.32 Å². The maximum absolute atomic E-state index is 5.03. The molecule has 1 fully saturated rings. The van der Waals surface area contributed by atoms with E-state index in [-0.39, 0.29) is 0 Å². The van der Waals surface area contributed by atoms with Crippen molar-refractivity contribution in [2.45, 2.75) is 33.2 Å². The number of benzene rings is 1. The third kappa shape index (κ3) is 4.50. The fourth-order valence-corrected chi connectivity index (χ4v) is 2.88. The summed E-state index contributed by atoms with van der Waals surface area (Å²) in [5.74, 6) is 0. The largest absolute Gasteiger partial charge is 0.383 e. The third-order valence-corrected chi connectivity index (χ3v) is 4.01. The maximum atomic E-state index is 5.03. The Morgan fingerprint density at radius 2 is 2.00 bits per heavy atom. The van der Waals surface area contributed by atoms with E-state index >= 15 is 0 Å². The molecular formula is C17H28N2O. The van der Waals surface area contributed by atoms with E-state index in [4.69, 9.17) is 4.74 Å². The predicted octanol–water partition coefficient (Wildman–Crippen LogP) is 3.05. The van der Waals surface area contributed by atoms with Crippen LogP contribution in [0, 0.1) is 5.41 Å². The average molecular weight is 276 g/mol. The van der Waals surface area contributed by atoms with E-state index < -0.39 is 0 Å². The normalized spacial score (nSPS) is 18.2. The quantitative estimate of drug-likeness (QED) is 0.808. The highest BCUT2D eigenvalue weighted by atomic mass is 16.5. The van der Waals surface area contributed by atoms with Crippen molar-refractivity contribution in [3.05, 3.63) is 29.8 Å². The van der Waals surface area contributed by atoms with Gasteiger partial charge in [-0.05, 0) is 36.0 Å². The summed E-state index contributed by atoms with van der Waals surface area (Å²) in [5.41, 5.74) is 3.14. The number of rotatable bonds is 6. The molecule has 0 bridgehead atoms. The number of anilines is 1. The molecule has 112 valence electrons. The minimum Gasteiger partial charge on any atom is -0.383 e. The zero-order valence-electron chi connectivity index (χ0n) is 13.1. The van der Waals surface area contributed by atoms with Gasteiger partial charge in [-0.15, -0.1) is 0 Å². The van der Waals surface area contributed by atoms with Crippen molar-refractivity contribution in [1.29, 1.82) is 0 Å². The van der Waals surface area contributed by atoms with Crippen molar-refractivity contribution < 1.29 is 4.74 Å². The molecule has 1 aliphatic heterocycles. The molecule has 0 radical (unpaired) electrons. The third-order valence-electron chi connectivity index (χ3n) is 4.01. The van der Waals surface area contributed by atoms with Gasteiger partial charge in [0.2, 0.25) is 0 Å². The van der Waals surface area contributed by atoms with Gasteiger partial charge in [0.1, 0.15) is 0 Å². The molecule has 0 aliphatic carbocycles. The summed E-state index contributed by atoms with van der Waals surface area (Å²) < 4.78 is 5.03. The lowest BCUT2D eigenvalue weighted by Gasteiger charge is -2.39. The van der Waals surface area contributed by atoms with Gasteiger partial charge >= 0.3 is 0 Å². The second kappa shape index (κ2) is 7.09. The van der Waals surface area contributed by atoms with Crippen LogP contribution < -0.4 is 10.2 Å². The van der Waals surface area contributed by atoms with Crippen molar-refractivity contribution in [3.63, 3.8) is 0 Å². The fourth-order valence-electron chi connectivity index (χ4n) is 2.88. The maximum Gasteiger partial charge on any atom is 0.0587 e. The first kappa shape index (κ1) is 15.3. The van der Waals surface area contributed by atoms with E-state index in [0.717, 1.165) is 19.7 Å². The van der Waals surface area contributed by atoms with Gasteiger partial charge in [-0.3, -0.25) is 0 Å². The first-order valence-electron chi connectivity index (χ1n) is 7.64. The molecule has 1 saturated heterocycles. The number of piperidine rings is 1. The van der Waals surface area contributed by atoms with E-state index in [0.29, 0.717) is 5.41 Å². The summed E-state index contributed by atoms with van der Waals surface area (Å²) >= 11 is 0. The smallest absolute Gasteiger partial charge is 0.0587 e. The molecule has 1 aromatic carbocycles. The first-order chi connectivity index (χ1) is 9.61. The second-order valence-electron chi connectivity index (χ2n) is 6.53. The zero-order valence-corrected chi connectivity index (χ0v) is 13.1. The predicted molar refractivity (Wildman–Crippen MR) is 85.3 cm³/mol. The molecule has 0 saturated carbocycles. The minimum absolute atomic E-state index is 0.443. The molecule has 1 heterocycles. The number of ether oxygens (including phenoxy) is 1. The van der Waals surface area contributed by atoms with Crippen LogP contribution >= 0.6 is 0 Å². The summed E-state index contributed by atoms with van der Waals surface area (Å²) in [7, 11) is 1.73. The van der Waals surface area contributed by atoms with Gasteiger partial charge in [0.15, 0.2) is 0 Å². The van der Waals surface area contributed by atoms with E-state index in [2.05, 4.69) is 48.3 Å². The first-order valence-corrected chi connectivity index (χ1v) is 7.64. The van der Waals surface area contributed by atoms with Crippen molar-refractivity contribution in [2.75, 3.05) is 38.3 Å². The molecule has 1 aliphatic rings. The highest BCUT2D eigenvalue weighted by molar-refractivity contribution is 5.48. The summed E-state index contributed by atoms with van der Waals surface area (Å²) in [4.78, 5) is 2.52. The zero-order chi connectivity index (χ0) is 14.4. The van der Waals surface area contributed by atoms with Gasteiger partial charge in [-0.1, -0.05) is 26.0 Å². The standard InChI is InChI=1S/C17H28N2O/c1-17(2)9-4-11-19(14-17)16-7-5-15(6-8-16)13-18-10-12-20-3/h5-8,18H,4,9-14H2,1-3H3. The van der Waals surface area contributed by atoms with Crippen molar-refractivity contribution in [3.8, 4) is 0 Å². The van der Waals surface area contributed by atoms with Gasteiger partial charge in [0.25, 0.3) is 0 Å². The van der Waals surface area contributed by atoms with Crippen molar-refractivity contribution in [2.24, 2.45) is 5.41 Å². The minimum atomic E-state index is 0.443. The molecule has 1 N–H and O–H groups in total. The van der Waals surface area contributed by atoms with Gasteiger partial charge in [0, 0.05) is 39.0 Å². The monoisotopic (exact) mass is 276 g/mol. The van der Waals surface area contributed by atoms with Crippen LogP contribution in [0.5, 0.6) is 0 Å². The molecule has 0 spiro atoms. The molecule has 1 aromatic rings. The van der Waals surface area contributed by atoms with Crippen LogP contribution in [0.1, 0.15) is 32.3 Å². The van der Waals surface area contributed by atoms with Crippen molar-refractivity contribution >= 4 is 5.69 Å². The Labute approximate surface area is 123 Å². The Morgan fingerprint density at radius 1 is 1.25 bits per heavy atom. The molecule has 0 atom stereocenters. The lowest BCUT2D eigenvalue weighted by Crippen LogP contribution is -2.40. The Balaban J connectivity index is 1.87. The molecule has 2 rings (SSSR count). The van der Waals surface area contributed by atoms with Gasteiger partial charge in [-0.2, -0.15) is 0 Å². The van der Waals surface area contributed by atoms with Crippen LogP contribution in [0.15, 0.2) is 24.3 Å². The Hall–Kier alpha value is -1.06. The number of hydrogen-bond acceptors (Lipinski definition) is 3. The Morgan fingerprint density at radius 3 is 2.65 bits per heavy atom. The van der Waals surface area contributed by atoms with Crippen LogP contribution in [0.3, 0.4) is 0 Å². The number of hydrogen-bond donors (Lipinski definition) is 1. The lowest BCUT2D eigenvalue weighted by molar-refractivity contribution is 0.199. The lowest BCUT2D eigenvalue weighted by atomic mass is 9.84. The Bertz CT molecular complexity index is 400. The molecule has 0 aromatic heterocycles. The number of nitrogens with one attached hydrogen (secondary N) is 1. The molecular weight excluding hydrogens is 248 g/mol. The summed E-state index contributed by atoms with van der Waals surface area (Å²) in [6.45, 7) is 9.67. The van der Waals surface area contributed by atoms with Crippen LogP contribution in [0.4, 0.5) is 5.69 Å². The van der Waals surface area contributed by atoms with E-state index in [9.17, 15) is 0 Å². The van der Waals surface area contributed by atoms with Gasteiger partial charge in [-0.25, -0.2) is 0 Å². The van der Waals surface area contributed by atoms with E-state index in [1.807, 2.05) is 0 Å². The SMILES string of the molecule is COCCNCc1ccc(N2CCCC(C)(C)C2)cc1.